The number of carbonyl (C=O) groups excluding carboxylic acids is 1. The first kappa shape index (κ1) is 17.1. The minimum Gasteiger partial charge on any atom is -0.497 e. The van der Waals surface area contributed by atoms with Crippen molar-refractivity contribution in [2.75, 3.05) is 26.6 Å². The standard InChI is InChI=1S/C17H18N2O5/c1-21-14-6-4-13(5-7-14)19-17(20)24-18-11-12-10-15(22-2)8-9-16(12)23-3/h4-11H,1-3H3,(H,19,20)/b18-11+. The molecule has 2 aromatic rings. The fourth-order valence-corrected chi connectivity index (χ4v) is 1.89. The average molecular weight is 330 g/mol. The Morgan fingerprint density at radius 1 is 0.958 bits per heavy atom. The second-order valence-electron chi connectivity index (χ2n) is 4.57. The third-order valence-electron chi connectivity index (χ3n) is 3.10. The molecule has 0 aliphatic carbocycles. The van der Waals surface area contributed by atoms with Gasteiger partial charge in [-0.2, -0.15) is 0 Å². The van der Waals surface area contributed by atoms with E-state index >= 15 is 0 Å². The molecular formula is C17H18N2O5. The Hall–Kier alpha value is -3.22. The maximum absolute atomic E-state index is 11.7. The molecular weight excluding hydrogens is 312 g/mol. The predicted molar refractivity (Wildman–Crippen MR) is 90.2 cm³/mol. The number of anilines is 1. The van der Waals surface area contributed by atoms with Crippen molar-refractivity contribution >= 4 is 18.0 Å². The van der Waals surface area contributed by atoms with Gasteiger partial charge in [-0.1, -0.05) is 5.16 Å². The highest BCUT2D eigenvalue weighted by Crippen LogP contribution is 2.22. The van der Waals surface area contributed by atoms with Gasteiger partial charge in [0, 0.05) is 11.3 Å². The second kappa shape index (κ2) is 8.42. The maximum Gasteiger partial charge on any atom is 0.437 e. The van der Waals surface area contributed by atoms with E-state index in [-0.39, 0.29) is 0 Å². The van der Waals surface area contributed by atoms with E-state index in [4.69, 9.17) is 19.0 Å². The highest BCUT2D eigenvalue weighted by atomic mass is 16.7. The normalized spacial score (nSPS) is 10.3. The molecule has 0 bridgehead atoms. The smallest absolute Gasteiger partial charge is 0.437 e. The van der Waals surface area contributed by atoms with Crippen molar-refractivity contribution in [1.29, 1.82) is 0 Å². The van der Waals surface area contributed by atoms with Crippen LogP contribution in [-0.4, -0.2) is 33.6 Å². The van der Waals surface area contributed by atoms with Crippen LogP contribution in [0.15, 0.2) is 47.6 Å². The number of hydrogen-bond donors (Lipinski definition) is 1. The SMILES string of the molecule is COc1ccc(NC(=O)O/N=C/c2cc(OC)ccc2OC)cc1. The van der Waals surface area contributed by atoms with E-state index in [0.717, 1.165) is 0 Å². The van der Waals surface area contributed by atoms with Gasteiger partial charge < -0.3 is 14.2 Å². The summed E-state index contributed by atoms with van der Waals surface area (Å²) in [4.78, 5) is 16.5. The fourth-order valence-electron chi connectivity index (χ4n) is 1.89. The number of hydrogen-bond acceptors (Lipinski definition) is 6. The summed E-state index contributed by atoms with van der Waals surface area (Å²) in [6.07, 6.45) is 0.660. The first-order valence-electron chi connectivity index (χ1n) is 7.03. The van der Waals surface area contributed by atoms with Crippen molar-refractivity contribution in [3.8, 4) is 17.2 Å². The molecule has 2 rings (SSSR count). The number of nitrogens with one attached hydrogen (secondary N) is 1. The van der Waals surface area contributed by atoms with E-state index < -0.39 is 6.09 Å². The van der Waals surface area contributed by atoms with Crippen molar-refractivity contribution < 1.29 is 23.8 Å². The van der Waals surface area contributed by atoms with Gasteiger partial charge in [0.2, 0.25) is 0 Å². The van der Waals surface area contributed by atoms with Crippen LogP contribution in [0, 0.1) is 0 Å². The number of nitrogens with zero attached hydrogens (tertiary/aromatic N) is 1. The van der Waals surface area contributed by atoms with E-state index in [9.17, 15) is 4.79 Å². The molecule has 126 valence electrons. The fraction of sp³-hybridized carbons (Fsp3) is 0.176. The molecule has 0 saturated heterocycles. The van der Waals surface area contributed by atoms with Crippen molar-refractivity contribution in [3.05, 3.63) is 48.0 Å². The molecule has 0 aliphatic heterocycles. The van der Waals surface area contributed by atoms with Crippen LogP contribution >= 0.6 is 0 Å². The van der Waals surface area contributed by atoms with Crippen LogP contribution in [0.5, 0.6) is 17.2 Å². The molecule has 24 heavy (non-hydrogen) atoms. The molecule has 0 heterocycles. The lowest BCUT2D eigenvalue weighted by Crippen LogP contribution is -2.10. The van der Waals surface area contributed by atoms with Gasteiger partial charge in [-0.15, -0.1) is 0 Å². The third kappa shape index (κ3) is 4.64. The second-order valence-corrected chi connectivity index (χ2v) is 4.57. The molecule has 7 heteroatoms. The van der Waals surface area contributed by atoms with Gasteiger partial charge in [-0.3, -0.25) is 10.2 Å². The monoisotopic (exact) mass is 330 g/mol. The molecule has 0 spiro atoms. The van der Waals surface area contributed by atoms with Crippen LogP contribution in [0.1, 0.15) is 5.56 Å². The van der Waals surface area contributed by atoms with Crippen molar-refractivity contribution in [1.82, 2.24) is 0 Å². The van der Waals surface area contributed by atoms with E-state index in [0.29, 0.717) is 28.5 Å². The summed E-state index contributed by atoms with van der Waals surface area (Å²) < 4.78 is 15.4. The number of rotatable bonds is 6. The number of methoxy groups -OCH3 is 3. The zero-order valence-electron chi connectivity index (χ0n) is 13.6. The molecule has 0 radical (unpaired) electrons. The first-order valence-corrected chi connectivity index (χ1v) is 7.03. The number of oxime groups is 1. The predicted octanol–water partition coefficient (Wildman–Crippen LogP) is 3.30. The van der Waals surface area contributed by atoms with Crippen LogP contribution in [0.25, 0.3) is 0 Å². The van der Waals surface area contributed by atoms with Crippen LogP contribution in [0.3, 0.4) is 0 Å². The Balaban J connectivity index is 1.96. The Labute approximate surface area is 139 Å². The van der Waals surface area contributed by atoms with Gasteiger partial charge in [-0.05, 0) is 42.5 Å². The van der Waals surface area contributed by atoms with Crippen LogP contribution < -0.4 is 19.5 Å². The van der Waals surface area contributed by atoms with E-state index in [1.165, 1.54) is 13.3 Å². The van der Waals surface area contributed by atoms with E-state index in [1.54, 1.807) is 56.7 Å². The summed E-state index contributed by atoms with van der Waals surface area (Å²) in [5.41, 5.74) is 1.18. The summed E-state index contributed by atoms with van der Waals surface area (Å²) in [6, 6.07) is 12.0. The average Bonchev–Trinajstić information content (AvgIpc) is 2.62. The Bertz CT molecular complexity index is 713. The van der Waals surface area contributed by atoms with Gasteiger partial charge >= 0.3 is 6.09 Å². The highest BCUT2D eigenvalue weighted by Gasteiger charge is 2.05. The first-order chi connectivity index (χ1) is 11.7. The Morgan fingerprint density at radius 2 is 1.62 bits per heavy atom. The summed E-state index contributed by atoms with van der Waals surface area (Å²) in [5.74, 6) is 1.91. The van der Waals surface area contributed by atoms with Gasteiger partial charge in [-0.25, -0.2) is 4.79 Å². The van der Waals surface area contributed by atoms with Gasteiger partial charge in [0.25, 0.3) is 0 Å². The zero-order valence-corrected chi connectivity index (χ0v) is 13.6. The molecule has 1 amide bonds. The van der Waals surface area contributed by atoms with E-state index in [1.807, 2.05) is 0 Å². The van der Waals surface area contributed by atoms with Crippen LogP contribution in [0.2, 0.25) is 0 Å². The quantitative estimate of drug-likeness (QED) is 0.499. The topological polar surface area (TPSA) is 78.4 Å². The van der Waals surface area contributed by atoms with Crippen molar-refractivity contribution in [2.24, 2.45) is 5.16 Å². The van der Waals surface area contributed by atoms with E-state index in [2.05, 4.69) is 10.5 Å². The lowest BCUT2D eigenvalue weighted by atomic mass is 10.2. The number of benzene rings is 2. The minimum atomic E-state index is -0.710. The van der Waals surface area contributed by atoms with Crippen molar-refractivity contribution in [3.63, 3.8) is 0 Å². The summed E-state index contributed by atoms with van der Waals surface area (Å²) in [7, 11) is 4.66. The number of ether oxygens (including phenoxy) is 3. The molecule has 0 saturated carbocycles. The van der Waals surface area contributed by atoms with Crippen LogP contribution in [-0.2, 0) is 4.84 Å². The molecule has 0 unspecified atom stereocenters. The summed E-state index contributed by atoms with van der Waals surface area (Å²) in [5, 5.41) is 6.20. The zero-order chi connectivity index (χ0) is 17.4. The summed E-state index contributed by atoms with van der Waals surface area (Å²) >= 11 is 0. The van der Waals surface area contributed by atoms with Gasteiger partial charge in [0.15, 0.2) is 0 Å². The lowest BCUT2D eigenvalue weighted by Gasteiger charge is -2.06. The molecule has 2 aromatic carbocycles. The molecule has 0 fully saturated rings. The number of amides is 1. The molecule has 0 atom stereocenters. The van der Waals surface area contributed by atoms with Gasteiger partial charge in [0.05, 0.1) is 27.5 Å². The maximum atomic E-state index is 11.7. The number of carbonyl (C=O) groups is 1. The molecule has 1 N–H and O–H groups in total. The molecule has 0 aliphatic rings. The largest absolute Gasteiger partial charge is 0.497 e. The van der Waals surface area contributed by atoms with Gasteiger partial charge in [0.1, 0.15) is 17.2 Å². The molecule has 7 nitrogen and oxygen atoms in total. The highest BCUT2D eigenvalue weighted by molar-refractivity contribution is 5.87. The third-order valence-corrected chi connectivity index (χ3v) is 3.10. The lowest BCUT2D eigenvalue weighted by molar-refractivity contribution is 0.167. The van der Waals surface area contributed by atoms with Crippen molar-refractivity contribution in [2.45, 2.75) is 0 Å². The molecule has 0 aromatic heterocycles. The van der Waals surface area contributed by atoms with Crippen LogP contribution in [0.4, 0.5) is 10.5 Å². The Kier molecular flexibility index (Phi) is 6.01. The minimum absolute atomic E-state index is 0.565. The Morgan fingerprint density at radius 3 is 2.25 bits per heavy atom. The summed E-state index contributed by atoms with van der Waals surface area (Å²) in [6.45, 7) is 0.